The number of hydrogen-bond donors (Lipinski definition) is 1. The molecule has 0 bridgehead atoms. The van der Waals surface area contributed by atoms with Crippen molar-refractivity contribution < 1.29 is 4.79 Å². The van der Waals surface area contributed by atoms with Gasteiger partial charge in [-0.05, 0) is 37.0 Å². The minimum Gasteiger partial charge on any atom is -0.353 e. The maximum absolute atomic E-state index is 12.3. The van der Waals surface area contributed by atoms with Gasteiger partial charge in [-0.15, -0.1) is 0 Å². The van der Waals surface area contributed by atoms with Gasteiger partial charge in [-0.2, -0.15) is 0 Å². The van der Waals surface area contributed by atoms with E-state index < -0.39 is 0 Å². The van der Waals surface area contributed by atoms with Crippen LogP contribution in [0.3, 0.4) is 0 Å². The molecule has 2 nitrogen and oxygen atoms in total. The van der Waals surface area contributed by atoms with Gasteiger partial charge in [0.1, 0.15) is 0 Å². The Balaban J connectivity index is 1.85. The molecule has 1 saturated carbocycles. The summed E-state index contributed by atoms with van der Waals surface area (Å²) in [6.07, 6.45) is 24.9. The van der Waals surface area contributed by atoms with Gasteiger partial charge in [0.25, 0.3) is 0 Å². The first-order chi connectivity index (χ1) is 13.9. The fourth-order valence-corrected chi connectivity index (χ4v) is 5.41. The number of carbonyl (C=O) groups is 1. The molecule has 29 heavy (non-hydrogen) atoms. The topological polar surface area (TPSA) is 29.1 Å². The molecule has 1 amide bonds. The third kappa shape index (κ3) is 15.0. The van der Waals surface area contributed by atoms with Crippen LogP contribution in [-0.2, 0) is 4.79 Å². The first kappa shape index (κ1) is 26.5. The monoisotopic (exact) mass is 407 g/mol. The van der Waals surface area contributed by atoms with E-state index in [0.29, 0.717) is 11.5 Å². The van der Waals surface area contributed by atoms with E-state index in [9.17, 15) is 4.79 Å². The molecule has 0 aromatic carbocycles. The second-order valence-corrected chi connectivity index (χ2v) is 10.9. The quantitative estimate of drug-likeness (QED) is 0.240. The number of unbranched alkanes of at least 4 members (excludes halogenated alkanes) is 14. The van der Waals surface area contributed by atoms with Crippen LogP contribution in [0.1, 0.15) is 150 Å². The van der Waals surface area contributed by atoms with Crippen molar-refractivity contribution in [3.63, 3.8) is 0 Å². The lowest BCUT2D eigenvalue weighted by molar-refractivity contribution is -0.122. The summed E-state index contributed by atoms with van der Waals surface area (Å²) in [5.74, 6) is 1.02. The van der Waals surface area contributed by atoms with E-state index in [1.165, 1.54) is 96.3 Å². The van der Waals surface area contributed by atoms with Gasteiger partial charge in [-0.25, -0.2) is 0 Å². The average Bonchev–Trinajstić information content (AvgIpc) is 2.63. The van der Waals surface area contributed by atoms with Crippen LogP contribution in [-0.4, -0.2) is 11.9 Å². The van der Waals surface area contributed by atoms with Gasteiger partial charge in [0, 0.05) is 12.5 Å². The summed E-state index contributed by atoms with van der Waals surface area (Å²) in [5, 5.41) is 3.32. The van der Waals surface area contributed by atoms with Gasteiger partial charge in [0.05, 0.1) is 0 Å². The van der Waals surface area contributed by atoms with Crippen LogP contribution in [0.25, 0.3) is 0 Å². The molecule has 1 N–H and O–H groups in total. The lowest BCUT2D eigenvalue weighted by Crippen LogP contribution is -2.42. The van der Waals surface area contributed by atoms with Crippen LogP contribution in [0.15, 0.2) is 0 Å². The Morgan fingerprint density at radius 3 is 1.66 bits per heavy atom. The van der Waals surface area contributed by atoms with Crippen molar-refractivity contribution in [1.29, 1.82) is 0 Å². The number of nitrogens with one attached hydrogen (secondary N) is 1. The molecule has 0 aromatic rings. The first-order valence-corrected chi connectivity index (χ1v) is 13.2. The van der Waals surface area contributed by atoms with E-state index in [1.807, 2.05) is 0 Å². The minimum atomic E-state index is 0.287. The van der Waals surface area contributed by atoms with E-state index in [0.717, 1.165) is 31.6 Å². The summed E-state index contributed by atoms with van der Waals surface area (Å²) in [5.41, 5.74) is 0.379. The van der Waals surface area contributed by atoms with Crippen molar-refractivity contribution in [1.82, 2.24) is 5.32 Å². The molecule has 0 heterocycles. The molecule has 0 saturated heterocycles. The largest absolute Gasteiger partial charge is 0.353 e. The van der Waals surface area contributed by atoms with E-state index in [1.54, 1.807) is 0 Å². The maximum Gasteiger partial charge on any atom is 0.220 e. The van der Waals surface area contributed by atoms with Gasteiger partial charge in [-0.3, -0.25) is 4.79 Å². The highest BCUT2D eigenvalue weighted by atomic mass is 16.1. The summed E-state index contributed by atoms with van der Waals surface area (Å²) in [6, 6.07) is 0.401. The zero-order valence-corrected chi connectivity index (χ0v) is 20.5. The second kappa shape index (κ2) is 16.2. The highest BCUT2D eigenvalue weighted by Gasteiger charge is 2.32. The van der Waals surface area contributed by atoms with E-state index >= 15 is 0 Å². The van der Waals surface area contributed by atoms with Gasteiger partial charge < -0.3 is 5.32 Å². The third-order valence-electron chi connectivity index (χ3n) is 6.76. The molecule has 0 radical (unpaired) electrons. The summed E-state index contributed by atoms with van der Waals surface area (Å²) in [7, 11) is 0. The number of amides is 1. The lowest BCUT2D eigenvalue weighted by atomic mass is 9.70. The standard InChI is InChI=1S/C27H53NO/c1-5-6-7-8-9-10-11-12-13-14-15-16-17-18-19-20-26(29)28-25-21-24(2)22-27(3,4)23-25/h24-25H,5-23H2,1-4H3,(H,28,29)/t24-,25+/m1/s1. The highest BCUT2D eigenvalue weighted by molar-refractivity contribution is 5.76. The molecule has 1 aliphatic rings. The molecule has 2 atom stereocenters. The van der Waals surface area contributed by atoms with Crippen molar-refractivity contribution in [2.24, 2.45) is 11.3 Å². The third-order valence-corrected chi connectivity index (χ3v) is 6.76. The second-order valence-electron chi connectivity index (χ2n) is 10.9. The van der Waals surface area contributed by atoms with Crippen LogP contribution >= 0.6 is 0 Å². The summed E-state index contributed by atoms with van der Waals surface area (Å²) in [4.78, 5) is 12.3. The predicted octanol–water partition coefficient (Wildman–Crippen LogP) is 8.58. The Morgan fingerprint density at radius 2 is 1.21 bits per heavy atom. The zero-order valence-electron chi connectivity index (χ0n) is 20.5. The predicted molar refractivity (Wildman–Crippen MR) is 128 cm³/mol. The van der Waals surface area contributed by atoms with Gasteiger partial charge in [-0.1, -0.05) is 118 Å². The van der Waals surface area contributed by atoms with Crippen LogP contribution in [0, 0.1) is 11.3 Å². The minimum absolute atomic E-state index is 0.287. The van der Waals surface area contributed by atoms with E-state index in [2.05, 4.69) is 33.0 Å². The highest BCUT2D eigenvalue weighted by Crippen LogP contribution is 2.38. The fraction of sp³-hybridized carbons (Fsp3) is 0.963. The molecule has 0 spiro atoms. The van der Waals surface area contributed by atoms with Gasteiger partial charge in [0.15, 0.2) is 0 Å². The van der Waals surface area contributed by atoms with Crippen molar-refractivity contribution in [3.05, 3.63) is 0 Å². The van der Waals surface area contributed by atoms with Crippen molar-refractivity contribution in [3.8, 4) is 0 Å². The SMILES string of the molecule is CCCCCCCCCCCCCCCCCC(=O)N[C@H]1C[C@@H](C)CC(C)(C)C1. The Kier molecular flexibility index (Phi) is 14.8. The number of hydrogen-bond acceptors (Lipinski definition) is 1. The van der Waals surface area contributed by atoms with Crippen molar-refractivity contribution in [2.45, 2.75) is 156 Å². The number of rotatable bonds is 17. The Morgan fingerprint density at radius 1 is 0.759 bits per heavy atom. The smallest absolute Gasteiger partial charge is 0.220 e. The van der Waals surface area contributed by atoms with Crippen LogP contribution in [0.4, 0.5) is 0 Å². The van der Waals surface area contributed by atoms with Crippen LogP contribution in [0.5, 0.6) is 0 Å². The maximum atomic E-state index is 12.3. The Hall–Kier alpha value is -0.530. The van der Waals surface area contributed by atoms with Gasteiger partial charge >= 0.3 is 0 Å². The van der Waals surface area contributed by atoms with E-state index in [4.69, 9.17) is 0 Å². The molecule has 0 unspecified atom stereocenters. The fourth-order valence-electron chi connectivity index (χ4n) is 5.41. The normalized spacial score (nSPS) is 21.2. The molecule has 2 heteroatoms. The number of carbonyl (C=O) groups excluding carboxylic acids is 1. The molecule has 172 valence electrons. The molecule has 1 fully saturated rings. The van der Waals surface area contributed by atoms with Crippen molar-refractivity contribution >= 4 is 5.91 Å². The molecular formula is C27H53NO. The molecule has 1 aliphatic carbocycles. The van der Waals surface area contributed by atoms with Crippen molar-refractivity contribution in [2.75, 3.05) is 0 Å². The Bertz CT molecular complexity index is 403. The lowest BCUT2D eigenvalue weighted by Gasteiger charge is -2.39. The molecule has 0 aliphatic heterocycles. The molecule has 1 rings (SSSR count). The first-order valence-electron chi connectivity index (χ1n) is 13.2. The summed E-state index contributed by atoms with van der Waals surface area (Å²) in [6.45, 7) is 9.30. The van der Waals surface area contributed by atoms with Gasteiger partial charge in [0.2, 0.25) is 5.91 Å². The summed E-state index contributed by atoms with van der Waals surface area (Å²) < 4.78 is 0. The van der Waals surface area contributed by atoms with Crippen LogP contribution in [0.2, 0.25) is 0 Å². The Labute approximate surface area is 183 Å². The zero-order chi connectivity index (χ0) is 21.4. The summed E-state index contributed by atoms with van der Waals surface area (Å²) >= 11 is 0. The van der Waals surface area contributed by atoms with E-state index in [-0.39, 0.29) is 5.91 Å². The molecular weight excluding hydrogens is 354 g/mol. The van der Waals surface area contributed by atoms with Crippen LogP contribution < -0.4 is 5.32 Å². The molecule has 0 aromatic heterocycles. The average molecular weight is 408 g/mol.